The molecule has 2 rings (SSSR count). The molecule has 0 spiro atoms. The normalized spacial score (nSPS) is 39.8. The van der Waals surface area contributed by atoms with Gasteiger partial charge in [-0.1, -0.05) is 46.5 Å². The van der Waals surface area contributed by atoms with Crippen LogP contribution >= 0.6 is 11.6 Å². The van der Waals surface area contributed by atoms with Crippen molar-refractivity contribution in [1.82, 2.24) is 0 Å². The first-order valence-electron chi connectivity index (χ1n) is 7.22. The van der Waals surface area contributed by atoms with Crippen molar-refractivity contribution in [2.24, 2.45) is 17.8 Å². The molecule has 1 heteroatoms. The van der Waals surface area contributed by atoms with Crippen LogP contribution in [0, 0.1) is 17.8 Å². The van der Waals surface area contributed by atoms with Crippen molar-refractivity contribution < 1.29 is 0 Å². The van der Waals surface area contributed by atoms with Crippen LogP contribution in [0.1, 0.15) is 72.1 Å². The summed E-state index contributed by atoms with van der Waals surface area (Å²) in [5, 5.41) is 0.492. The maximum atomic E-state index is 5.88. The second kappa shape index (κ2) is 7.58. The highest BCUT2D eigenvalue weighted by atomic mass is 35.5. The van der Waals surface area contributed by atoms with Crippen LogP contribution in [-0.4, -0.2) is 5.38 Å². The van der Waals surface area contributed by atoms with Gasteiger partial charge in [0.25, 0.3) is 0 Å². The summed E-state index contributed by atoms with van der Waals surface area (Å²) in [6.45, 7) is 7.04. The Balaban J connectivity index is 0.000000160. The van der Waals surface area contributed by atoms with Crippen LogP contribution in [0.3, 0.4) is 0 Å². The summed E-state index contributed by atoms with van der Waals surface area (Å²) in [6, 6.07) is 0. The molecule has 0 bridgehead atoms. The van der Waals surface area contributed by atoms with Gasteiger partial charge in [0.1, 0.15) is 0 Å². The zero-order valence-electron chi connectivity index (χ0n) is 11.3. The fourth-order valence-corrected chi connectivity index (χ4v) is 2.90. The summed E-state index contributed by atoms with van der Waals surface area (Å²) in [5.41, 5.74) is 0. The van der Waals surface area contributed by atoms with Crippen LogP contribution in [0.25, 0.3) is 0 Å². The Morgan fingerprint density at radius 1 is 0.562 bits per heavy atom. The molecule has 0 N–H and O–H groups in total. The van der Waals surface area contributed by atoms with Crippen molar-refractivity contribution in [3.63, 3.8) is 0 Å². The molecule has 2 saturated carbocycles. The molecule has 16 heavy (non-hydrogen) atoms. The Morgan fingerprint density at radius 2 is 0.812 bits per heavy atom. The first-order valence-corrected chi connectivity index (χ1v) is 7.65. The molecule has 2 fully saturated rings. The maximum Gasteiger partial charge on any atom is 0.0336 e. The second-order valence-corrected chi connectivity index (χ2v) is 6.84. The van der Waals surface area contributed by atoms with Gasteiger partial charge in [-0.15, -0.1) is 11.6 Å². The van der Waals surface area contributed by atoms with E-state index in [4.69, 9.17) is 11.6 Å². The van der Waals surface area contributed by atoms with Gasteiger partial charge in [0.15, 0.2) is 0 Å². The van der Waals surface area contributed by atoms with Crippen molar-refractivity contribution in [1.29, 1.82) is 0 Å². The Bertz CT molecular complexity index is 122. The molecule has 2 aliphatic carbocycles. The van der Waals surface area contributed by atoms with Crippen LogP contribution in [-0.2, 0) is 0 Å². The molecule has 0 aromatic rings. The fraction of sp³-hybridized carbons (Fsp3) is 1.00. The third-order valence-electron chi connectivity index (χ3n) is 4.25. The van der Waals surface area contributed by atoms with E-state index in [1.807, 2.05) is 0 Å². The molecule has 0 aromatic heterocycles. The summed E-state index contributed by atoms with van der Waals surface area (Å²) in [5.74, 6) is 2.97. The van der Waals surface area contributed by atoms with Crippen LogP contribution in [0.4, 0.5) is 0 Å². The molecule has 0 aromatic carbocycles. The van der Waals surface area contributed by atoms with Gasteiger partial charge in [-0.3, -0.25) is 0 Å². The number of hydrogen-bond donors (Lipinski definition) is 0. The monoisotopic (exact) mass is 244 g/mol. The first kappa shape index (κ1) is 14.4. The maximum absolute atomic E-state index is 5.88. The van der Waals surface area contributed by atoms with E-state index in [1.54, 1.807) is 0 Å². The van der Waals surface area contributed by atoms with E-state index in [2.05, 4.69) is 20.8 Å². The number of alkyl halides is 1. The Hall–Kier alpha value is 0.290. The van der Waals surface area contributed by atoms with E-state index in [-0.39, 0.29) is 0 Å². The number of halogens is 1. The molecular weight excluding hydrogens is 216 g/mol. The lowest BCUT2D eigenvalue weighted by molar-refractivity contribution is 0.308. The SMILES string of the molecule is CC1CCC(C)CC1.CC1CCC(Cl)CC1. The van der Waals surface area contributed by atoms with Gasteiger partial charge in [-0.2, -0.15) is 0 Å². The van der Waals surface area contributed by atoms with Crippen LogP contribution in [0.5, 0.6) is 0 Å². The van der Waals surface area contributed by atoms with Gasteiger partial charge < -0.3 is 0 Å². The minimum Gasteiger partial charge on any atom is -0.123 e. The lowest BCUT2D eigenvalue weighted by Crippen LogP contribution is -2.11. The summed E-state index contributed by atoms with van der Waals surface area (Å²) in [6.07, 6.45) is 11.1. The fourth-order valence-electron chi connectivity index (χ4n) is 2.65. The number of hydrogen-bond acceptors (Lipinski definition) is 0. The van der Waals surface area contributed by atoms with Crippen molar-refractivity contribution in [2.45, 2.75) is 77.5 Å². The van der Waals surface area contributed by atoms with Crippen molar-refractivity contribution in [2.75, 3.05) is 0 Å². The van der Waals surface area contributed by atoms with E-state index in [9.17, 15) is 0 Å². The third kappa shape index (κ3) is 6.13. The molecule has 0 radical (unpaired) electrons. The van der Waals surface area contributed by atoms with E-state index in [0.717, 1.165) is 17.8 Å². The Labute approximate surface area is 107 Å². The van der Waals surface area contributed by atoms with Gasteiger partial charge in [-0.05, 0) is 43.4 Å². The van der Waals surface area contributed by atoms with Crippen molar-refractivity contribution in [3.8, 4) is 0 Å². The molecule has 96 valence electrons. The first-order chi connectivity index (χ1) is 7.58. The van der Waals surface area contributed by atoms with Crippen LogP contribution < -0.4 is 0 Å². The molecule has 0 atom stereocenters. The molecular formula is C15H29Cl. The molecule has 0 aliphatic heterocycles. The van der Waals surface area contributed by atoms with Crippen LogP contribution in [0.2, 0.25) is 0 Å². The highest BCUT2D eigenvalue weighted by Gasteiger charge is 2.15. The average molecular weight is 245 g/mol. The zero-order chi connectivity index (χ0) is 12.0. The highest BCUT2D eigenvalue weighted by molar-refractivity contribution is 6.20. The highest BCUT2D eigenvalue weighted by Crippen LogP contribution is 2.27. The summed E-state index contributed by atoms with van der Waals surface area (Å²) in [4.78, 5) is 0. The second-order valence-electron chi connectivity index (χ2n) is 6.22. The third-order valence-corrected chi connectivity index (χ3v) is 4.69. The lowest BCUT2D eigenvalue weighted by atomic mass is 9.84. The van der Waals surface area contributed by atoms with E-state index in [0.29, 0.717) is 5.38 Å². The smallest absolute Gasteiger partial charge is 0.0336 e. The van der Waals surface area contributed by atoms with Gasteiger partial charge in [0.05, 0.1) is 0 Å². The minimum absolute atomic E-state index is 0.492. The summed E-state index contributed by atoms with van der Waals surface area (Å²) >= 11 is 5.88. The van der Waals surface area contributed by atoms with E-state index in [1.165, 1.54) is 51.4 Å². The zero-order valence-corrected chi connectivity index (χ0v) is 12.1. The Kier molecular flexibility index (Phi) is 6.80. The molecule has 0 unspecified atom stereocenters. The van der Waals surface area contributed by atoms with Gasteiger partial charge >= 0.3 is 0 Å². The Morgan fingerprint density at radius 3 is 1.06 bits per heavy atom. The minimum atomic E-state index is 0.492. The van der Waals surface area contributed by atoms with Gasteiger partial charge in [-0.25, -0.2) is 0 Å². The molecule has 0 nitrogen and oxygen atoms in total. The summed E-state index contributed by atoms with van der Waals surface area (Å²) < 4.78 is 0. The predicted octanol–water partition coefficient (Wildman–Crippen LogP) is 5.64. The number of rotatable bonds is 0. The molecule has 0 saturated heterocycles. The summed E-state index contributed by atoms with van der Waals surface area (Å²) in [7, 11) is 0. The largest absolute Gasteiger partial charge is 0.123 e. The van der Waals surface area contributed by atoms with Crippen molar-refractivity contribution >= 4 is 11.6 Å². The average Bonchev–Trinajstić information content (AvgIpc) is 2.28. The van der Waals surface area contributed by atoms with E-state index < -0.39 is 0 Å². The van der Waals surface area contributed by atoms with Crippen molar-refractivity contribution in [3.05, 3.63) is 0 Å². The van der Waals surface area contributed by atoms with E-state index >= 15 is 0 Å². The predicted molar refractivity (Wildman–Crippen MR) is 74.1 cm³/mol. The van der Waals surface area contributed by atoms with Crippen LogP contribution in [0.15, 0.2) is 0 Å². The molecule has 0 heterocycles. The lowest BCUT2D eigenvalue weighted by Gasteiger charge is -2.22. The van der Waals surface area contributed by atoms with Gasteiger partial charge in [0, 0.05) is 5.38 Å². The topological polar surface area (TPSA) is 0 Å². The molecule has 0 amide bonds. The molecule has 2 aliphatic rings. The standard InChI is InChI=1S/C8H16.C7H13Cl/c1-7-3-5-8(2)6-4-7;1-6-2-4-7(8)5-3-6/h7-8H,3-6H2,1-2H3;6-7H,2-5H2,1H3. The van der Waals surface area contributed by atoms with Gasteiger partial charge in [0.2, 0.25) is 0 Å². The quantitative estimate of drug-likeness (QED) is 0.484.